The van der Waals surface area contributed by atoms with Crippen molar-refractivity contribution in [1.29, 1.82) is 0 Å². The Labute approximate surface area is 123 Å². The molecule has 8 nitrogen and oxygen atoms in total. The highest BCUT2D eigenvalue weighted by atomic mass is 16.5. The van der Waals surface area contributed by atoms with Crippen molar-refractivity contribution in [3.63, 3.8) is 0 Å². The molecular formula is C13H20N6O2. The second-order valence-electron chi connectivity index (χ2n) is 5.18. The number of morpholine rings is 1. The average molecular weight is 292 g/mol. The first-order chi connectivity index (χ1) is 10.3. The zero-order chi connectivity index (χ0) is 14.7. The third-order valence-electron chi connectivity index (χ3n) is 3.73. The van der Waals surface area contributed by atoms with E-state index in [1.807, 2.05) is 6.92 Å². The zero-order valence-electron chi connectivity index (χ0n) is 12.3. The number of aromatic nitrogens is 5. The van der Waals surface area contributed by atoms with Gasteiger partial charge in [0.2, 0.25) is 5.89 Å². The summed E-state index contributed by atoms with van der Waals surface area (Å²) >= 11 is 0. The van der Waals surface area contributed by atoms with Gasteiger partial charge >= 0.3 is 0 Å². The van der Waals surface area contributed by atoms with E-state index in [-0.39, 0.29) is 12.1 Å². The molecule has 1 fully saturated rings. The predicted molar refractivity (Wildman–Crippen MR) is 73.4 cm³/mol. The van der Waals surface area contributed by atoms with Crippen LogP contribution in [0.5, 0.6) is 0 Å². The number of rotatable bonds is 5. The van der Waals surface area contributed by atoms with Crippen LogP contribution in [0.2, 0.25) is 0 Å². The van der Waals surface area contributed by atoms with E-state index in [1.165, 1.54) is 6.33 Å². The molecule has 0 saturated carbocycles. The maximum absolute atomic E-state index is 5.80. The largest absolute Gasteiger partial charge is 0.374 e. The number of hydrogen-bond acceptors (Lipinski definition) is 7. The Morgan fingerprint density at radius 3 is 3.10 bits per heavy atom. The summed E-state index contributed by atoms with van der Waals surface area (Å²) in [5, 5.41) is 8.08. The van der Waals surface area contributed by atoms with Crippen molar-refractivity contribution >= 4 is 0 Å². The normalized spacial score (nSPS) is 21.5. The quantitative estimate of drug-likeness (QED) is 0.801. The Morgan fingerprint density at radius 2 is 2.38 bits per heavy atom. The number of ether oxygens (including phenoxy) is 1. The summed E-state index contributed by atoms with van der Waals surface area (Å²) < 4.78 is 12.9. The predicted octanol–water partition coefficient (Wildman–Crippen LogP) is 0.685. The lowest BCUT2D eigenvalue weighted by molar-refractivity contribution is -0.0532. The summed E-state index contributed by atoms with van der Waals surface area (Å²) in [6.07, 6.45) is 4.12. The van der Waals surface area contributed by atoms with Crippen molar-refractivity contribution in [2.45, 2.75) is 39.0 Å². The molecule has 114 valence electrons. The van der Waals surface area contributed by atoms with E-state index in [9.17, 15) is 0 Å². The molecule has 2 atom stereocenters. The second kappa shape index (κ2) is 6.31. The third kappa shape index (κ3) is 3.27. The zero-order valence-corrected chi connectivity index (χ0v) is 12.3. The Morgan fingerprint density at radius 1 is 1.48 bits per heavy atom. The van der Waals surface area contributed by atoms with Gasteiger partial charge in [-0.1, -0.05) is 12.1 Å². The summed E-state index contributed by atoms with van der Waals surface area (Å²) in [6.45, 7) is 7.17. The van der Waals surface area contributed by atoms with Crippen molar-refractivity contribution in [3.8, 4) is 0 Å². The lowest BCUT2D eigenvalue weighted by Gasteiger charge is -2.35. The van der Waals surface area contributed by atoms with E-state index < -0.39 is 0 Å². The van der Waals surface area contributed by atoms with E-state index >= 15 is 0 Å². The van der Waals surface area contributed by atoms with Crippen LogP contribution in [0, 0.1) is 0 Å². The van der Waals surface area contributed by atoms with Gasteiger partial charge in [0, 0.05) is 19.5 Å². The van der Waals surface area contributed by atoms with Crippen molar-refractivity contribution in [1.82, 2.24) is 29.8 Å². The molecule has 1 saturated heterocycles. The van der Waals surface area contributed by atoms with Gasteiger partial charge in [-0.2, -0.15) is 10.1 Å². The molecule has 0 N–H and O–H groups in total. The lowest BCUT2D eigenvalue weighted by atomic mass is 10.2. The molecule has 0 radical (unpaired) electrons. The molecule has 1 aliphatic heterocycles. The molecule has 0 spiro atoms. The Bertz CT molecular complexity index is 555. The van der Waals surface area contributed by atoms with Gasteiger partial charge in [-0.15, -0.1) is 0 Å². The summed E-state index contributed by atoms with van der Waals surface area (Å²) in [5.74, 6) is 1.43. The Balaban J connectivity index is 1.62. The Hall–Kier alpha value is -1.80. The van der Waals surface area contributed by atoms with Crippen LogP contribution in [-0.2, 0) is 17.7 Å². The first kappa shape index (κ1) is 14.2. The monoisotopic (exact) mass is 292 g/mol. The van der Waals surface area contributed by atoms with Crippen LogP contribution in [-0.4, -0.2) is 55.6 Å². The van der Waals surface area contributed by atoms with Crippen LogP contribution in [0.25, 0.3) is 0 Å². The summed E-state index contributed by atoms with van der Waals surface area (Å²) in [4.78, 5) is 10.7. The SMILES string of the molecule is CCc1noc([C@@H](C)N2CCO[C@H](Cn3cncn3)C2)n1. The van der Waals surface area contributed by atoms with E-state index in [0.29, 0.717) is 19.0 Å². The van der Waals surface area contributed by atoms with Gasteiger partial charge in [0.15, 0.2) is 5.82 Å². The van der Waals surface area contributed by atoms with E-state index in [4.69, 9.17) is 9.26 Å². The third-order valence-corrected chi connectivity index (χ3v) is 3.73. The smallest absolute Gasteiger partial charge is 0.243 e. The van der Waals surface area contributed by atoms with Gasteiger partial charge in [-0.25, -0.2) is 4.98 Å². The minimum absolute atomic E-state index is 0.0940. The fourth-order valence-electron chi connectivity index (χ4n) is 2.48. The van der Waals surface area contributed by atoms with E-state index in [1.54, 1.807) is 11.0 Å². The second-order valence-corrected chi connectivity index (χ2v) is 5.18. The first-order valence-corrected chi connectivity index (χ1v) is 7.26. The van der Waals surface area contributed by atoms with Crippen molar-refractivity contribution in [3.05, 3.63) is 24.4 Å². The molecule has 8 heteroatoms. The van der Waals surface area contributed by atoms with Gasteiger partial charge in [0.25, 0.3) is 0 Å². The van der Waals surface area contributed by atoms with Crippen molar-refractivity contribution < 1.29 is 9.26 Å². The maximum Gasteiger partial charge on any atom is 0.243 e. The molecule has 3 heterocycles. The minimum atomic E-state index is 0.0940. The van der Waals surface area contributed by atoms with Crippen LogP contribution in [0.4, 0.5) is 0 Å². The highest BCUT2D eigenvalue weighted by Crippen LogP contribution is 2.21. The highest BCUT2D eigenvalue weighted by molar-refractivity contribution is 4.93. The fraction of sp³-hybridized carbons (Fsp3) is 0.692. The van der Waals surface area contributed by atoms with Crippen LogP contribution in [0.15, 0.2) is 17.2 Å². The molecule has 3 rings (SSSR count). The number of hydrogen-bond donors (Lipinski definition) is 0. The highest BCUT2D eigenvalue weighted by Gasteiger charge is 2.28. The standard InChI is InChI=1S/C13H20N6O2/c1-3-12-16-13(21-17-12)10(2)18-4-5-20-11(6-18)7-19-9-14-8-15-19/h8-11H,3-7H2,1-2H3/t10-,11+/m1/s1. The molecule has 0 bridgehead atoms. The minimum Gasteiger partial charge on any atom is -0.374 e. The van der Waals surface area contributed by atoms with Crippen LogP contribution >= 0.6 is 0 Å². The van der Waals surface area contributed by atoms with Crippen LogP contribution < -0.4 is 0 Å². The topological polar surface area (TPSA) is 82.1 Å². The molecule has 0 unspecified atom stereocenters. The molecule has 2 aromatic rings. The van der Waals surface area contributed by atoms with Crippen molar-refractivity contribution in [2.75, 3.05) is 19.7 Å². The molecule has 1 aliphatic rings. The van der Waals surface area contributed by atoms with Gasteiger partial charge in [0.05, 0.1) is 25.3 Å². The van der Waals surface area contributed by atoms with E-state index in [0.717, 1.165) is 25.3 Å². The van der Waals surface area contributed by atoms with E-state index in [2.05, 4.69) is 32.0 Å². The average Bonchev–Trinajstić information content (AvgIpc) is 3.17. The summed E-state index contributed by atoms with van der Waals surface area (Å²) in [7, 11) is 0. The molecule has 0 amide bonds. The van der Waals surface area contributed by atoms with Crippen LogP contribution in [0.1, 0.15) is 31.6 Å². The van der Waals surface area contributed by atoms with Gasteiger partial charge < -0.3 is 9.26 Å². The first-order valence-electron chi connectivity index (χ1n) is 7.26. The molecular weight excluding hydrogens is 272 g/mol. The number of nitrogens with zero attached hydrogens (tertiary/aromatic N) is 6. The van der Waals surface area contributed by atoms with Gasteiger partial charge in [-0.3, -0.25) is 9.58 Å². The lowest BCUT2D eigenvalue weighted by Crippen LogP contribution is -2.45. The molecule has 0 aromatic carbocycles. The number of aryl methyl sites for hydroxylation is 1. The molecule has 21 heavy (non-hydrogen) atoms. The Kier molecular flexibility index (Phi) is 4.26. The molecule has 2 aromatic heterocycles. The summed E-state index contributed by atoms with van der Waals surface area (Å²) in [5.41, 5.74) is 0. The summed E-state index contributed by atoms with van der Waals surface area (Å²) in [6, 6.07) is 0.0972. The van der Waals surface area contributed by atoms with Gasteiger partial charge in [-0.05, 0) is 6.92 Å². The fourth-order valence-corrected chi connectivity index (χ4v) is 2.48. The van der Waals surface area contributed by atoms with Crippen LogP contribution in [0.3, 0.4) is 0 Å². The van der Waals surface area contributed by atoms with Crippen molar-refractivity contribution in [2.24, 2.45) is 0 Å². The van der Waals surface area contributed by atoms with Gasteiger partial charge in [0.1, 0.15) is 12.7 Å². The maximum atomic E-state index is 5.80. The molecule has 0 aliphatic carbocycles.